The molecule has 2 aromatic rings. The molecule has 0 aliphatic carbocycles. The lowest BCUT2D eigenvalue weighted by Crippen LogP contribution is -2.46. The lowest BCUT2D eigenvalue weighted by molar-refractivity contribution is -0.137. The smallest absolute Gasteiger partial charge is 0.369 e. The molecule has 3 rings (SSSR count). The summed E-state index contributed by atoms with van der Waals surface area (Å²) < 4.78 is 38.6. The number of benzene rings is 1. The standard InChI is InChI=1S/C19H23F3N4S/c20-19(21,22)16-5-3-6-17(15-16)26-12-10-25(11-13-26)9-1-2-14-27-18-23-7-4-8-24-18/h3-8,15H,1-2,9-14H2. The summed E-state index contributed by atoms with van der Waals surface area (Å²) in [6.07, 6.45) is 1.40. The van der Waals surface area contributed by atoms with Crippen molar-refractivity contribution in [2.24, 2.45) is 0 Å². The molecule has 0 atom stereocenters. The number of alkyl halides is 3. The summed E-state index contributed by atoms with van der Waals surface area (Å²) in [5.41, 5.74) is 0.0751. The van der Waals surface area contributed by atoms with Crippen LogP contribution in [0.15, 0.2) is 47.9 Å². The maximum absolute atomic E-state index is 12.9. The Labute approximate surface area is 161 Å². The number of hydrogen-bond acceptors (Lipinski definition) is 5. The second-order valence-electron chi connectivity index (χ2n) is 6.46. The van der Waals surface area contributed by atoms with E-state index in [-0.39, 0.29) is 0 Å². The molecule has 27 heavy (non-hydrogen) atoms. The molecule has 0 N–H and O–H groups in total. The number of hydrogen-bond donors (Lipinski definition) is 0. The molecule has 8 heteroatoms. The summed E-state index contributed by atoms with van der Waals surface area (Å²) in [5, 5.41) is 0.812. The van der Waals surface area contributed by atoms with Crippen molar-refractivity contribution >= 4 is 17.4 Å². The normalized spacial score (nSPS) is 15.9. The maximum Gasteiger partial charge on any atom is 0.416 e. The molecule has 4 nitrogen and oxygen atoms in total. The van der Waals surface area contributed by atoms with Crippen molar-refractivity contribution in [2.75, 3.05) is 43.4 Å². The molecule has 1 aromatic heterocycles. The SMILES string of the molecule is FC(F)(F)c1cccc(N2CCN(CCCCSc3ncccn3)CC2)c1. The lowest BCUT2D eigenvalue weighted by atomic mass is 10.1. The Kier molecular flexibility index (Phi) is 6.95. The van der Waals surface area contributed by atoms with Crippen LogP contribution in [0.25, 0.3) is 0 Å². The Balaban J connectivity index is 1.37. The van der Waals surface area contributed by atoms with Gasteiger partial charge in [0, 0.05) is 50.0 Å². The van der Waals surface area contributed by atoms with Crippen LogP contribution in [0.5, 0.6) is 0 Å². The predicted molar refractivity (Wildman–Crippen MR) is 102 cm³/mol. The van der Waals surface area contributed by atoms with E-state index >= 15 is 0 Å². The largest absolute Gasteiger partial charge is 0.416 e. The van der Waals surface area contributed by atoms with Crippen molar-refractivity contribution in [2.45, 2.75) is 24.2 Å². The molecular weight excluding hydrogens is 373 g/mol. The fourth-order valence-corrected chi connectivity index (χ4v) is 3.87. The van der Waals surface area contributed by atoms with Crippen LogP contribution in [0.4, 0.5) is 18.9 Å². The van der Waals surface area contributed by atoms with E-state index in [1.807, 2.05) is 11.0 Å². The van der Waals surface area contributed by atoms with E-state index in [9.17, 15) is 13.2 Å². The van der Waals surface area contributed by atoms with Crippen LogP contribution in [0.3, 0.4) is 0 Å². The second kappa shape index (κ2) is 9.41. The van der Waals surface area contributed by atoms with Crippen LogP contribution in [0, 0.1) is 0 Å². The zero-order chi connectivity index (χ0) is 19.1. The Morgan fingerprint density at radius 1 is 0.963 bits per heavy atom. The van der Waals surface area contributed by atoms with E-state index in [1.54, 1.807) is 30.2 Å². The molecule has 1 fully saturated rings. The van der Waals surface area contributed by atoms with Crippen molar-refractivity contribution in [3.63, 3.8) is 0 Å². The molecule has 146 valence electrons. The Hall–Kier alpha value is -1.80. The van der Waals surface area contributed by atoms with Crippen LogP contribution in [0.2, 0.25) is 0 Å². The summed E-state index contributed by atoms with van der Waals surface area (Å²) in [7, 11) is 0. The van der Waals surface area contributed by atoms with Gasteiger partial charge in [0.25, 0.3) is 0 Å². The minimum absolute atomic E-state index is 0.581. The summed E-state index contributed by atoms with van der Waals surface area (Å²) in [5.74, 6) is 0.994. The van der Waals surface area contributed by atoms with Crippen molar-refractivity contribution in [3.8, 4) is 0 Å². The van der Waals surface area contributed by atoms with Crippen LogP contribution in [-0.4, -0.2) is 53.3 Å². The van der Waals surface area contributed by atoms with Gasteiger partial charge in [-0.3, -0.25) is 4.90 Å². The lowest BCUT2D eigenvalue weighted by Gasteiger charge is -2.36. The molecule has 0 unspecified atom stereocenters. The van der Waals surface area contributed by atoms with Gasteiger partial charge in [0.1, 0.15) is 0 Å². The molecule has 1 aliphatic heterocycles. The summed E-state index contributed by atoms with van der Waals surface area (Å²) in [6.45, 7) is 4.30. The number of piperazine rings is 1. The Morgan fingerprint density at radius 2 is 1.70 bits per heavy atom. The molecule has 2 heterocycles. The highest BCUT2D eigenvalue weighted by molar-refractivity contribution is 7.99. The van der Waals surface area contributed by atoms with Crippen LogP contribution >= 0.6 is 11.8 Å². The van der Waals surface area contributed by atoms with E-state index < -0.39 is 11.7 Å². The highest BCUT2D eigenvalue weighted by atomic mass is 32.2. The molecule has 1 aromatic carbocycles. The van der Waals surface area contributed by atoms with E-state index in [1.165, 1.54) is 12.1 Å². The van der Waals surface area contributed by atoms with Gasteiger partial charge in [0.2, 0.25) is 0 Å². The van der Waals surface area contributed by atoms with Gasteiger partial charge >= 0.3 is 6.18 Å². The predicted octanol–water partition coefficient (Wildman–Crippen LogP) is 4.19. The van der Waals surface area contributed by atoms with Crippen molar-refractivity contribution in [1.29, 1.82) is 0 Å². The summed E-state index contributed by atoms with van der Waals surface area (Å²) >= 11 is 1.67. The third kappa shape index (κ3) is 6.10. The minimum Gasteiger partial charge on any atom is -0.369 e. The third-order valence-corrected chi connectivity index (χ3v) is 5.51. The average Bonchev–Trinajstić information content (AvgIpc) is 2.68. The number of anilines is 1. The van der Waals surface area contributed by atoms with E-state index in [4.69, 9.17) is 0 Å². The van der Waals surface area contributed by atoms with E-state index in [0.717, 1.165) is 62.5 Å². The number of thioether (sulfide) groups is 1. The van der Waals surface area contributed by atoms with Crippen LogP contribution in [0.1, 0.15) is 18.4 Å². The zero-order valence-electron chi connectivity index (χ0n) is 15.0. The van der Waals surface area contributed by atoms with Gasteiger partial charge in [-0.2, -0.15) is 13.2 Å². The second-order valence-corrected chi connectivity index (χ2v) is 7.53. The molecule has 1 aliphatic rings. The maximum atomic E-state index is 12.9. The number of halogens is 3. The van der Waals surface area contributed by atoms with Crippen molar-refractivity contribution in [1.82, 2.24) is 14.9 Å². The molecule has 0 spiro atoms. The van der Waals surface area contributed by atoms with Gasteiger partial charge in [-0.15, -0.1) is 0 Å². The van der Waals surface area contributed by atoms with Crippen molar-refractivity contribution in [3.05, 3.63) is 48.3 Å². The monoisotopic (exact) mass is 396 g/mol. The summed E-state index contributed by atoms with van der Waals surface area (Å²) in [6, 6.07) is 7.42. The van der Waals surface area contributed by atoms with Gasteiger partial charge in [-0.05, 0) is 43.7 Å². The first-order chi connectivity index (χ1) is 13.0. The molecule has 0 amide bonds. The van der Waals surface area contributed by atoms with Crippen molar-refractivity contribution < 1.29 is 13.2 Å². The topological polar surface area (TPSA) is 32.3 Å². The van der Waals surface area contributed by atoms with E-state index in [0.29, 0.717) is 5.69 Å². The van der Waals surface area contributed by atoms with Gasteiger partial charge in [0.05, 0.1) is 5.56 Å². The fourth-order valence-electron chi connectivity index (χ4n) is 3.07. The number of unbranched alkanes of at least 4 members (excludes halogenated alkanes) is 1. The molecule has 1 saturated heterocycles. The average molecular weight is 396 g/mol. The Morgan fingerprint density at radius 3 is 2.41 bits per heavy atom. The van der Waals surface area contributed by atoms with E-state index in [2.05, 4.69) is 14.9 Å². The molecular formula is C19H23F3N4S. The minimum atomic E-state index is -4.29. The van der Waals surface area contributed by atoms with Gasteiger partial charge < -0.3 is 4.90 Å². The summed E-state index contributed by atoms with van der Waals surface area (Å²) in [4.78, 5) is 12.8. The van der Waals surface area contributed by atoms with Crippen LogP contribution in [-0.2, 0) is 6.18 Å². The van der Waals surface area contributed by atoms with Gasteiger partial charge in [-0.1, -0.05) is 17.8 Å². The molecule has 0 radical (unpaired) electrons. The number of nitrogens with zero attached hydrogens (tertiary/aromatic N) is 4. The number of aromatic nitrogens is 2. The Bertz CT molecular complexity index is 704. The molecule has 0 bridgehead atoms. The first kappa shape index (κ1) is 19.9. The quantitative estimate of drug-likeness (QED) is 0.398. The van der Waals surface area contributed by atoms with Gasteiger partial charge in [-0.25, -0.2) is 9.97 Å². The highest BCUT2D eigenvalue weighted by Crippen LogP contribution is 2.31. The third-order valence-electron chi connectivity index (χ3n) is 4.55. The number of rotatable bonds is 7. The van der Waals surface area contributed by atoms with Crippen LogP contribution < -0.4 is 4.90 Å². The molecule has 0 saturated carbocycles. The zero-order valence-corrected chi connectivity index (χ0v) is 15.8. The van der Waals surface area contributed by atoms with Gasteiger partial charge in [0.15, 0.2) is 5.16 Å². The highest BCUT2D eigenvalue weighted by Gasteiger charge is 2.31. The fraction of sp³-hybridized carbons (Fsp3) is 0.474. The first-order valence-corrected chi connectivity index (χ1v) is 10.1. The first-order valence-electron chi connectivity index (χ1n) is 9.07.